The van der Waals surface area contributed by atoms with Gasteiger partial charge in [0, 0.05) is 32.3 Å². The third-order valence-electron chi connectivity index (χ3n) is 4.77. The smallest absolute Gasteiger partial charge is 0.314 e. The van der Waals surface area contributed by atoms with Crippen molar-refractivity contribution in [3.63, 3.8) is 0 Å². The lowest BCUT2D eigenvalue weighted by Gasteiger charge is -2.36. The van der Waals surface area contributed by atoms with Crippen molar-refractivity contribution in [2.75, 3.05) is 31.5 Å². The molecule has 0 radical (unpaired) electrons. The molecule has 2 aliphatic rings. The monoisotopic (exact) mass is 399 g/mol. The zero-order valence-corrected chi connectivity index (χ0v) is 14.9. The van der Waals surface area contributed by atoms with Gasteiger partial charge in [-0.3, -0.25) is 24.6 Å². The molecular formula is C17H20F3N5O3. The molecule has 0 saturated carbocycles. The Kier molecular flexibility index (Phi) is 5.94. The number of alkyl halides is 3. The Bertz CT molecular complexity index is 771. The van der Waals surface area contributed by atoms with Gasteiger partial charge in [0.15, 0.2) is 0 Å². The van der Waals surface area contributed by atoms with Crippen LogP contribution in [0, 0.1) is 0 Å². The summed E-state index contributed by atoms with van der Waals surface area (Å²) in [5.74, 6) is -1.78. The molecule has 0 spiro atoms. The molecule has 28 heavy (non-hydrogen) atoms. The summed E-state index contributed by atoms with van der Waals surface area (Å²) in [6, 6.07) is 1.37. The Balaban J connectivity index is 1.64. The molecule has 0 bridgehead atoms. The van der Waals surface area contributed by atoms with E-state index in [-0.39, 0.29) is 31.2 Å². The molecule has 2 aliphatic heterocycles. The Morgan fingerprint density at radius 2 is 2.14 bits per heavy atom. The molecule has 3 amide bonds. The highest BCUT2D eigenvalue weighted by Gasteiger charge is 2.45. The quantitative estimate of drug-likeness (QED) is 0.633. The van der Waals surface area contributed by atoms with Crippen molar-refractivity contribution in [2.24, 2.45) is 0 Å². The number of nitrogens with zero attached hydrogens (tertiary/aromatic N) is 2. The van der Waals surface area contributed by atoms with E-state index in [0.29, 0.717) is 18.5 Å². The molecule has 1 aromatic rings. The molecule has 1 aromatic heterocycles. The number of nitrogens with one attached hydrogen (secondary N) is 3. The summed E-state index contributed by atoms with van der Waals surface area (Å²) in [7, 11) is 0. The number of halogens is 3. The SMILES string of the molecule is O=C1CCC(c2ccnc(NC(=O)CN3CCNC[C@@H]3C(F)(F)F)c2)C(=O)N1. The van der Waals surface area contributed by atoms with Gasteiger partial charge in [0.2, 0.25) is 17.7 Å². The third-order valence-corrected chi connectivity index (χ3v) is 4.77. The van der Waals surface area contributed by atoms with Gasteiger partial charge in [-0.25, -0.2) is 4.98 Å². The molecule has 3 N–H and O–H groups in total. The number of carbonyl (C=O) groups excluding carboxylic acids is 3. The first kappa shape index (κ1) is 20.2. The second kappa shape index (κ2) is 8.23. The molecule has 2 fully saturated rings. The number of hydrogen-bond donors (Lipinski definition) is 3. The van der Waals surface area contributed by atoms with Crippen LogP contribution in [0.25, 0.3) is 0 Å². The average Bonchev–Trinajstić information content (AvgIpc) is 2.61. The van der Waals surface area contributed by atoms with Gasteiger partial charge < -0.3 is 10.6 Å². The molecule has 2 atom stereocenters. The van der Waals surface area contributed by atoms with Gasteiger partial charge in [0.25, 0.3) is 0 Å². The van der Waals surface area contributed by atoms with Gasteiger partial charge in [-0.15, -0.1) is 0 Å². The highest BCUT2D eigenvalue weighted by Crippen LogP contribution is 2.27. The van der Waals surface area contributed by atoms with E-state index < -0.39 is 36.5 Å². The van der Waals surface area contributed by atoms with Crippen LogP contribution in [-0.2, 0) is 14.4 Å². The molecule has 0 aromatic carbocycles. The molecular weight excluding hydrogens is 379 g/mol. The highest BCUT2D eigenvalue weighted by molar-refractivity contribution is 6.01. The minimum absolute atomic E-state index is 0.0986. The van der Waals surface area contributed by atoms with Crippen LogP contribution in [0.3, 0.4) is 0 Å². The lowest BCUT2D eigenvalue weighted by atomic mass is 9.91. The zero-order valence-electron chi connectivity index (χ0n) is 14.9. The molecule has 11 heteroatoms. The molecule has 3 heterocycles. The van der Waals surface area contributed by atoms with E-state index in [0.717, 1.165) is 4.90 Å². The number of pyridine rings is 1. The van der Waals surface area contributed by atoms with Gasteiger partial charge >= 0.3 is 6.18 Å². The number of rotatable bonds is 4. The summed E-state index contributed by atoms with van der Waals surface area (Å²) in [4.78, 5) is 40.5. The van der Waals surface area contributed by atoms with E-state index in [4.69, 9.17) is 0 Å². The number of anilines is 1. The minimum Gasteiger partial charge on any atom is -0.314 e. The summed E-state index contributed by atoms with van der Waals surface area (Å²) < 4.78 is 39.3. The number of piperazine rings is 1. The maximum Gasteiger partial charge on any atom is 0.405 e. The zero-order chi connectivity index (χ0) is 20.3. The predicted octanol–water partition coefficient (Wildman–Crippen LogP) is 0.376. The van der Waals surface area contributed by atoms with Crippen LogP contribution in [0.15, 0.2) is 18.3 Å². The number of imide groups is 1. The number of piperidine rings is 1. The Hall–Kier alpha value is -2.53. The fourth-order valence-corrected chi connectivity index (χ4v) is 3.37. The molecule has 0 aliphatic carbocycles. The molecule has 8 nitrogen and oxygen atoms in total. The molecule has 1 unspecified atom stereocenters. The Labute approximate surface area is 158 Å². The number of aromatic nitrogens is 1. The maximum absolute atomic E-state index is 13.1. The average molecular weight is 399 g/mol. The first-order valence-corrected chi connectivity index (χ1v) is 8.85. The van der Waals surface area contributed by atoms with Crippen LogP contribution < -0.4 is 16.0 Å². The summed E-state index contributed by atoms with van der Waals surface area (Å²) in [6.45, 7) is -0.222. The summed E-state index contributed by atoms with van der Waals surface area (Å²) >= 11 is 0. The van der Waals surface area contributed by atoms with E-state index in [1.165, 1.54) is 12.3 Å². The van der Waals surface area contributed by atoms with Crippen LogP contribution in [0.2, 0.25) is 0 Å². The molecule has 152 valence electrons. The normalized spacial score (nSPS) is 24.0. The number of hydrogen-bond acceptors (Lipinski definition) is 6. The Morgan fingerprint density at radius 1 is 1.36 bits per heavy atom. The second-order valence-corrected chi connectivity index (χ2v) is 6.76. The molecule has 3 rings (SSSR count). The van der Waals surface area contributed by atoms with Crippen molar-refractivity contribution in [3.8, 4) is 0 Å². The highest BCUT2D eigenvalue weighted by atomic mass is 19.4. The molecule has 2 saturated heterocycles. The minimum atomic E-state index is -4.43. The largest absolute Gasteiger partial charge is 0.405 e. The number of amides is 3. The van der Waals surface area contributed by atoms with E-state index in [2.05, 4.69) is 20.9 Å². The van der Waals surface area contributed by atoms with Crippen LogP contribution in [0.4, 0.5) is 19.0 Å². The van der Waals surface area contributed by atoms with Crippen molar-refractivity contribution in [1.29, 1.82) is 0 Å². The van der Waals surface area contributed by atoms with Gasteiger partial charge in [-0.05, 0) is 24.1 Å². The van der Waals surface area contributed by atoms with Crippen LogP contribution in [-0.4, -0.2) is 66.0 Å². The maximum atomic E-state index is 13.1. The Morgan fingerprint density at radius 3 is 2.86 bits per heavy atom. The van der Waals surface area contributed by atoms with Crippen molar-refractivity contribution in [2.45, 2.75) is 31.0 Å². The fourth-order valence-electron chi connectivity index (χ4n) is 3.37. The van der Waals surface area contributed by atoms with Crippen molar-refractivity contribution >= 4 is 23.5 Å². The summed E-state index contributed by atoms with van der Waals surface area (Å²) in [6.07, 6.45) is -2.48. The topological polar surface area (TPSA) is 103 Å². The fraction of sp³-hybridized carbons (Fsp3) is 0.529. The van der Waals surface area contributed by atoms with Gasteiger partial charge in [-0.1, -0.05) is 0 Å². The predicted molar refractivity (Wildman–Crippen MR) is 92.3 cm³/mol. The van der Waals surface area contributed by atoms with Crippen LogP contribution in [0.5, 0.6) is 0 Å². The summed E-state index contributed by atoms with van der Waals surface area (Å²) in [5, 5.41) is 7.42. The lowest BCUT2D eigenvalue weighted by molar-refractivity contribution is -0.187. The van der Waals surface area contributed by atoms with Crippen molar-refractivity contribution in [1.82, 2.24) is 20.5 Å². The number of carbonyl (C=O) groups is 3. The second-order valence-electron chi connectivity index (χ2n) is 6.76. The first-order chi connectivity index (χ1) is 13.2. The summed E-state index contributed by atoms with van der Waals surface area (Å²) in [5.41, 5.74) is 0.575. The van der Waals surface area contributed by atoms with Gasteiger partial charge in [-0.2, -0.15) is 13.2 Å². The van der Waals surface area contributed by atoms with Gasteiger partial charge in [0.1, 0.15) is 11.9 Å². The van der Waals surface area contributed by atoms with Crippen LogP contribution >= 0.6 is 0 Å². The first-order valence-electron chi connectivity index (χ1n) is 8.85. The van der Waals surface area contributed by atoms with Crippen molar-refractivity contribution in [3.05, 3.63) is 23.9 Å². The van der Waals surface area contributed by atoms with E-state index in [1.54, 1.807) is 6.07 Å². The van der Waals surface area contributed by atoms with Gasteiger partial charge in [0.05, 0.1) is 12.5 Å². The van der Waals surface area contributed by atoms with E-state index in [9.17, 15) is 27.6 Å². The van der Waals surface area contributed by atoms with E-state index >= 15 is 0 Å². The van der Waals surface area contributed by atoms with Crippen LogP contribution in [0.1, 0.15) is 24.3 Å². The van der Waals surface area contributed by atoms with E-state index in [1.807, 2.05) is 0 Å². The standard InChI is InChI=1S/C17H20F3N5O3/c18-17(19,20)12-8-21-5-6-25(12)9-15(27)23-13-7-10(3-4-22-13)11-1-2-14(26)24-16(11)28/h3-4,7,11-12,21H,1-2,5-6,8-9H2,(H,22,23,27)(H,24,26,28)/t11?,12-/m1/s1. The van der Waals surface area contributed by atoms with Crippen molar-refractivity contribution < 1.29 is 27.6 Å². The lowest BCUT2D eigenvalue weighted by Crippen LogP contribution is -2.59. The third kappa shape index (κ3) is 4.84.